The smallest absolute Gasteiger partial charge is 0.0951 e. The second-order valence-electron chi connectivity index (χ2n) is 5.24. The molecular formula is C11H19N3. The van der Waals surface area contributed by atoms with Crippen molar-refractivity contribution in [3.05, 3.63) is 17.7 Å². The molecule has 0 spiro atoms. The van der Waals surface area contributed by atoms with Gasteiger partial charge in [0.25, 0.3) is 0 Å². The van der Waals surface area contributed by atoms with Crippen LogP contribution in [-0.4, -0.2) is 15.6 Å². The lowest BCUT2D eigenvalue weighted by atomic mass is 9.88. The molecule has 1 aliphatic rings. The Balaban J connectivity index is 2.41. The van der Waals surface area contributed by atoms with E-state index in [9.17, 15) is 0 Å². The molecule has 0 saturated carbocycles. The van der Waals surface area contributed by atoms with Crippen molar-refractivity contribution in [1.29, 1.82) is 0 Å². The Labute approximate surface area is 85.3 Å². The molecule has 0 saturated heterocycles. The lowest BCUT2D eigenvalue weighted by Crippen LogP contribution is -2.32. The molecule has 14 heavy (non-hydrogen) atoms. The van der Waals surface area contributed by atoms with Gasteiger partial charge in [-0.25, -0.2) is 4.98 Å². The third-order valence-electron chi connectivity index (χ3n) is 2.85. The molecule has 2 rings (SSSR count). The molecule has 1 aromatic heterocycles. The van der Waals surface area contributed by atoms with Crippen molar-refractivity contribution in [3.63, 3.8) is 0 Å². The first kappa shape index (κ1) is 9.71. The van der Waals surface area contributed by atoms with Crippen molar-refractivity contribution in [3.8, 4) is 0 Å². The Morgan fingerprint density at radius 2 is 2.21 bits per heavy atom. The molecule has 0 amide bonds. The van der Waals surface area contributed by atoms with Gasteiger partial charge in [0.15, 0.2) is 0 Å². The topological polar surface area (TPSA) is 43.8 Å². The van der Waals surface area contributed by atoms with Crippen LogP contribution >= 0.6 is 0 Å². The van der Waals surface area contributed by atoms with Crippen molar-refractivity contribution in [1.82, 2.24) is 9.55 Å². The van der Waals surface area contributed by atoms with E-state index in [1.807, 2.05) is 6.33 Å². The maximum absolute atomic E-state index is 5.98. The Morgan fingerprint density at radius 1 is 1.50 bits per heavy atom. The van der Waals surface area contributed by atoms with E-state index in [2.05, 4.69) is 30.3 Å². The van der Waals surface area contributed by atoms with Crippen LogP contribution in [0.15, 0.2) is 6.33 Å². The van der Waals surface area contributed by atoms with E-state index in [1.54, 1.807) is 0 Å². The molecule has 1 aromatic rings. The highest BCUT2D eigenvalue weighted by molar-refractivity contribution is 5.23. The van der Waals surface area contributed by atoms with Gasteiger partial charge in [0.05, 0.1) is 12.0 Å². The van der Waals surface area contributed by atoms with Crippen LogP contribution in [-0.2, 0) is 18.4 Å². The van der Waals surface area contributed by atoms with Crippen LogP contribution in [0, 0.1) is 0 Å². The molecule has 0 fully saturated rings. The molecule has 0 bridgehead atoms. The van der Waals surface area contributed by atoms with E-state index in [0.717, 1.165) is 19.4 Å². The monoisotopic (exact) mass is 193 g/mol. The van der Waals surface area contributed by atoms with Gasteiger partial charge < -0.3 is 10.3 Å². The first-order valence-corrected chi connectivity index (χ1v) is 5.28. The zero-order valence-electron chi connectivity index (χ0n) is 9.25. The fourth-order valence-electron chi connectivity index (χ4n) is 2.10. The molecule has 78 valence electrons. The number of aromatic nitrogens is 2. The Hall–Kier alpha value is -0.830. The minimum atomic E-state index is 0.137. The second-order valence-corrected chi connectivity index (χ2v) is 5.24. The van der Waals surface area contributed by atoms with E-state index in [0.29, 0.717) is 6.04 Å². The number of fused-ring (bicyclic) bond motifs is 1. The maximum Gasteiger partial charge on any atom is 0.0951 e. The highest BCUT2D eigenvalue weighted by atomic mass is 15.1. The first-order chi connectivity index (χ1) is 6.48. The third-order valence-corrected chi connectivity index (χ3v) is 2.85. The Kier molecular flexibility index (Phi) is 2.14. The van der Waals surface area contributed by atoms with E-state index in [-0.39, 0.29) is 5.41 Å². The molecule has 2 heterocycles. The van der Waals surface area contributed by atoms with Crippen LogP contribution in [0.1, 0.15) is 38.6 Å². The summed E-state index contributed by atoms with van der Waals surface area (Å²) in [5, 5.41) is 0. The summed E-state index contributed by atoms with van der Waals surface area (Å²) in [5.41, 5.74) is 8.68. The largest absolute Gasteiger partial charge is 0.334 e. The zero-order valence-corrected chi connectivity index (χ0v) is 9.25. The van der Waals surface area contributed by atoms with E-state index >= 15 is 0 Å². The van der Waals surface area contributed by atoms with E-state index < -0.39 is 0 Å². The molecule has 1 atom stereocenters. The summed E-state index contributed by atoms with van der Waals surface area (Å²) in [6.07, 6.45) is 4.02. The third kappa shape index (κ3) is 1.57. The molecular weight excluding hydrogens is 174 g/mol. The van der Waals surface area contributed by atoms with Gasteiger partial charge in [0.2, 0.25) is 0 Å². The number of nitrogens with zero attached hydrogens (tertiary/aromatic N) is 2. The van der Waals surface area contributed by atoms with Crippen LogP contribution in [0.4, 0.5) is 0 Å². The van der Waals surface area contributed by atoms with Crippen LogP contribution in [0.25, 0.3) is 0 Å². The fourth-order valence-corrected chi connectivity index (χ4v) is 2.10. The predicted octanol–water partition coefficient (Wildman–Crippen LogP) is 1.45. The standard InChI is InChI=1S/C11H19N3/c1-11(2,3)10-9-6-8(12)4-5-14(9)7-13-10/h7-8H,4-6,12H2,1-3H3. The molecule has 0 aromatic carbocycles. The number of hydrogen-bond acceptors (Lipinski definition) is 2. The summed E-state index contributed by atoms with van der Waals surface area (Å²) >= 11 is 0. The van der Waals surface area contributed by atoms with Crippen molar-refractivity contribution >= 4 is 0 Å². The normalized spacial score (nSPS) is 22.1. The average Bonchev–Trinajstić information content (AvgIpc) is 2.45. The summed E-state index contributed by atoms with van der Waals surface area (Å²) in [7, 11) is 0. The van der Waals surface area contributed by atoms with Crippen LogP contribution in [0.2, 0.25) is 0 Å². The zero-order chi connectivity index (χ0) is 10.3. The Bertz CT molecular complexity index is 333. The van der Waals surface area contributed by atoms with Gasteiger partial charge >= 0.3 is 0 Å². The number of imidazole rings is 1. The van der Waals surface area contributed by atoms with Gasteiger partial charge in [0.1, 0.15) is 0 Å². The number of aryl methyl sites for hydroxylation is 1. The molecule has 1 aliphatic heterocycles. The van der Waals surface area contributed by atoms with E-state index in [4.69, 9.17) is 5.73 Å². The van der Waals surface area contributed by atoms with Gasteiger partial charge in [-0.1, -0.05) is 20.8 Å². The van der Waals surface area contributed by atoms with Gasteiger partial charge in [-0.3, -0.25) is 0 Å². The molecule has 3 heteroatoms. The quantitative estimate of drug-likeness (QED) is 0.678. The maximum atomic E-state index is 5.98. The minimum Gasteiger partial charge on any atom is -0.334 e. The van der Waals surface area contributed by atoms with Crippen molar-refractivity contribution in [2.24, 2.45) is 5.73 Å². The molecule has 1 unspecified atom stereocenters. The summed E-state index contributed by atoms with van der Waals surface area (Å²) in [5.74, 6) is 0. The highest BCUT2D eigenvalue weighted by Gasteiger charge is 2.26. The highest BCUT2D eigenvalue weighted by Crippen LogP contribution is 2.27. The van der Waals surface area contributed by atoms with Crippen molar-refractivity contribution in [2.45, 2.75) is 51.6 Å². The lowest BCUT2D eigenvalue weighted by molar-refractivity contribution is 0.459. The minimum absolute atomic E-state index is 0.137. The SMILES string of the molecule is CC(C)(C)c1ncn2c1CC(N)CC2. The summed E-state index contributed by atoms with van der Waals surface area (Å²) in [4.78, 5) is 4.51. The van der Waals surface area contributed by atoms with Crippen molar-refractivity contribution < 1.29 is 0 Å². The predicted molar refractivity (Wildman–Crippen MR) is 57.2 cm³/mol. The van der Waals surface area contributed by atoms with Gasteiger partial charge in [-0.2, -0.15) is 0 Å². The summed E-state index contributed by atoms with van der Waals surface area (Å²) in [6.45, 7) is 7.64. The molecule has 2 N–H and O–H groups in total. The van der Waals surface area contributed by atoms with Crippen LogP contribution in [0.3, 0.4) is 0 Å². The number of hydrogen-bond donors (Lipinski definition) is 1. The van der Waals surface area contributed by atoms with Crippen molar-refractivity contribution in [2.75, 3.05) is 0 Å². The summed E-state index contributed by atoms with van der Waals surface area (Å²) < 4.78 is 2.25. The van der Waals surface area contributed by atoms with Gasteiger partial charge in [0, 0.05) is 30.1 Å². The molecule has 3 nitrogen and oxygen atoms in total. The lowest BCUT2D eigenvalue weighted by Gasteiger charge is -2.25. The molecule has 0 radical (unpaired) electrons. The van der Waals surface area contributed by atoms with Crippen LogP contribution in [0.5, 0.6) is 0 Å². The summed E-state index contributed by atoms with van der Waals surface area (Å²) in [6, 6.07) is 0.320. The number of nitrogens with two attached hydrogens (primary N) is 1. The van der Waals surface area contributed by atoms with Gasteiger partial charge in [-0.15, -0.1) is 0 Å². The fraction of sp³-hybridized carbons (Fsp3) is 0.727. The first-order valence-electron chi connectivity index (χ1n) is 5.28. The average molecular weight is 193 g/mol. The van der Waals surface area contributed by atoms with Crippen LogP contribution < -0.4 is 5.73 Å². The molecule has 0 aliphatic carbocycles. The second kappa shape index (κ2) is 3.09. The Morgan fingerprint density at radius 3 is 2.86 bits per heavy atom. The van der Waals surface area contributed by atoms with E-state index in [1.165, 1.54) is 11.4 Å². The van der Waals surface area contributed by atoms with Gasteiger partial charge in [-0.05, 0) is 6.42 Å². The number of rotatable bonds is 0.